The van der Waals surface area contributed by atoms with Gasteiger partial charge in [-0.25, -0.2) is 4.79 Å². The van der Waals surface area contributed by atoms with Gasteiger partial charge in [-0.05, 0) is 66.7 Å². The molecule has 0 aliphatic carbocycles. The second-order valence-corrected chi connectivity index (χ2v) is 10.6. The highest BCUT2D eigenvalue weighted by atomic mass is 16.6. The highest BCUT2D eigenvalue weighted by Gasteiger charge is 2.41. The molecule has 7 rings (SSSR count). The molecule has 3 fully saturated rings. The zero-order chi connectivity index (χ0) is 22.6. The fourth-order valence-electron chi connectivity index (χ4n) is 5.82. The number of ether oxygens (including phenoxy) is 3. The zero-order valence-electron chi connectivity index (χ0n) is 19.4. The number of hydrogen-bond donors (Lipinski definition) is 1. The Bertz CT molecular complexity index is 1070. The predicted octanol–water partition coefficient (Wildman–Crippen LogP) is 4.57. The number of fused-ring (bicyclic) bond motifs is 5. The summed E-state index contributed by atoms with van der Waals surface area (Å²) >= 11 is 0. The lowest BCUT2D eigenvalue weighted by Crippen LogP contribution is -2.53. The van der Waals surface area contributed by atoms with Crippen molar-refractivity contribution in [3.63, 3.8) is 0 Å². The molecule has 2 bridgehead atoms. The van der Waals surface area contributed by atoms with E-state index in [0.717, 1.165) is 73.7 Å². The van der Waals surface area contributed by atoms with Crippen molar-refractivity contribution in [3.05, 3.63) is 47.5 Å². The van der Waals surface area contributed by atoms with Gasteiger partial charge in [-0.2, -0.15) is 0 Å². The standard InChI is InChI=1S/C27H32N2O4/c1-27(2)16-32-23-14-19(18-4-6-22-20(13-18)9-12-31-22)3-5-21(23)25(27)28-26(30)33-24-15-29-10-7-17(24)8-11-29/h3-6,13-14,17,24-25H,7-12,15-16H2,1-2H3,(H,28,30)/t24-,25?/m1/s1. The lowest BCUT2D eigenvalue weighted by Gasteiger charge is -2.44. The second kappa shape index (κ2) is 7.94. The van der Waals surface area contributed by atoms with Crippen molar-refractivity contribution in [1.29, 1.82) is 0 Å². The van der Waals surface area contributed by atoms with Crippen LogP contribution in [0.4, 0.5) is 4.79 Å². The third-order valence-electron chi connectivity index (χ3n) is 7.85. The first-order chi connectivity index (χ1) is 16.0. The quantitative estimate of drug-likeness (QED) is 0.746. The number of benzene rings is 2. The molecule has 6 nitrogen and oxygen atoms in total. The molecule has 1 unspecified atom stereocenters. The Labute approximate surface area is 195 Å². The number of nitrogens with zero attached hydrogens (tertiary/aromatic N) is 1. The van der Waals surface area contributed by atoms with E-state index in [2.05, 4.69) is 60.5 Å². The van der Waals surface area contributed by atoms with Crippen LogP contribution in [-0.4, -0.2) is 49.9 Å². The molecule has 1 N–H and O–H groups in total. The molecule has 2 aromatic rings. The van der Waals surface area contributed by atoms with Gasteiger partial charge in [0, 0.05) is 23.9 Å². The molecule has 0 aromatic heterocycles. The van der Waals surface area contributed by atoms with Gasteiger partial charge in [-0.1, -0.05) is 32.0 Å². The molecule has 0 radical (unpaired) electrons. The van der Waals surface area contributed by atoms with Crippen molar-refractivity contribution >= 4 is 6.09 Å². The maximum absolute atomic E-state index is 12.9. The molecular weight excluding hydrogens is 416 g/mol. The highest BCUT2D eigenvalue weighted by Crippen LogP contribution is 2.44. The van der Waals surface area contributed by atoms with Crippen LogP contribution < -0.4 is 14.8 Å². The molecule has 3 saturated heterocycles. The Balaban J connectivity index is 1.22. The molecule has 33 heavy (non-hydrogen) atoms. The SMILES string of the molecule is CC1(C)COc2cc(-c3ccc4c(c3)CCO4)ccc2C1NC(=O)O[C@@H]1CN2CCC1CC2. The zero-order valence-corrected chi connectivity index (χ0v) is 19.4. The van der Waals surface area contributed by atoms with E-state index in [1.807, 2.05) is 0 Å². The van der Waals surface area contributed by atoms with Gasteiger partial charge < -0.3 is 19.5 Å². The minimum atomic E-state index is -0.317. The van der Waals surface area contributed by atoms with Gasteiger partial charge in [0.2, 0.25) is 0 Å². The summed E-state index contributed by atoms with van der Waals surface area (Å²) in [6.45, 7) is 8.67. The normalized spacial score (nSPS) is 28.8. The van der Waals surface area contributed by atoms with Crippen LogP contribution >= 0.6 is 0 Å². The molecule has 1 amide bonds. The first-order valence-corrected chi connectivity index (χ1v) is 12.2. The summed E-state index contributed by atoms with van der Waals surface area (Å²) in [4.78, 5) is 15.3. The van der Waals surface area contributed by atoms with E-state index in [1.165, 1.54) is 5.56 Å². The average molecular weight is 449 g/mol. The Kier molecular flexibility index (Phi) is 5.02. The minimum Gasteiger partial charge on any atom is -0.493 e. The Hall–Kier alpha value is -2.73. The molecule has 2 atom stereocenters. The topological polar surface area (TPSA) is 60.0 Å². The lowest BCUT2D eigenvalue weighted by molar-refractivity contribution is -0.0361. The number of alkyl carbamates (subject to hydrolysis) is 1. The van der Waals surface area contributed by atoms with Gasteiger partial charge in [0.05, 0.1) is 19.3 Å². The van der Waals surface area contributed by atoms with Crippen LogP contribution in [0.25, 0.3) is 11.1 Å². The van der Waals surface area contributed by atoms with E-state index in [0.29, 0.717) is 12.5 Å². The fraction of sp³-hybridized carbons (Fsp3) is 0.519. The molecule has 174 valence electrons. The smallest absolute Gasteiger partial charge is 0.407 e. The molecule has 6 heteroatoms. The van der Waals surface area contributed by atoms with E-state index >= 15 is 0 Å². The van der Waals surface area contributed by atoms with E-state index in [1.54, 1.807) is 0 Å². The number of rotatable bonds is 3. The molecule has 5 heterocycles. The van der Waals surface area contributed by atoms with Gasteiger partial charge in [0.1, 0.15) is 17.6 Å². The third kappa shape index (κ3) is 3.84. The van der Waals surface area contributed by atoms with Crippen LogP contribution in [0.15, 0.2) is 36.4 Å². The van der Waals surface area contributed by atoms with Crippen molar-refractivity contribution in [3.8, 4) is 22.6 Å². The Morgan fingerprint density at radius 3 is 2.64 bits per heavy atom. The van der Waals surface area contributed by atoms with E-state index < -0.39 is 0 Å². The van der Waals surface area contributed by atoms with Gasteiger partial charge in [-0.3, -0.25) is 4.90 Å². The third-order valence-corrected chi connectivity index (χ3v) is 7.85. The largest absolute Gasteiger partial charge is 0.493 e. The van der Waals surface area contributed by atoms with Crippen LogP contribution in [0.5, 0.6) is 11.5 Å². The van der Waals surface area contributed by atoms with Crippen molar-refractivity contribution in [2.75, 3.05) is 32.8 Å². The summed E-state index contributed by atoms with van der Waals surface area (Å²) < 4.78 is 17.7. The maximum Gasteiger partial charge on any atom is 0.407 e. The summed E-state index contributed by atoms with van der Waals surface area (Å²) in [5.74, 6) is 2.31. The van der Waals surface area contributed by atoms with Gasteiger partial charge in [0.25, 0.3) is 0 Å². The van der Waals surface area contributed by atoms with E-state index in [9.17, 15) is 4.79 Å². The number of carbonyl (C=O) groups excluding carboxylic acids is 1. The van der Waals surface area contributed by atoms with Crippen LogP contribution in [0.2, 0.25) is 0 Å². The predicted molar refractivity (Wildman–Crippen MR) is 126 cm³/mol. The maximum atomic E-state index is 12.9. The number of amides is 1. The van der Waals surface area contributed by atoms with E-state index in [4.69, 9.17) is 14.2 Å². The van der Waals surface area contributed by atoms with Crippen molar-refractivity contribution < 1.29 is 19.0 Å². The van der Waals surface area contributed by atoms with Crippen molar-refractivity contribution in [2.45, 2.75) is 45.3 Å². The molecule has 0 spiro atoms. The number of carbonyl (C=O) groups is 1. The Morgan fingerprint density at radius 2 is 1.85 bits per heavy atom. The van der Waals surface area contributed by atoms with Crippen LogP contribution in [-0.2, 0) is 11.2 Å². The number of nitrogens with one attached hydrogen (secondary N) is 1. The lowest BCUT2D eigenvalue weighted by atomic mass is 9.78. The summed E-state index contributed by atoms with van der Waals surface area (Å²) in [6.07, 6.45) is 2.89. The summed E-state index contributed by atoms with van der Waals surface area (Å²) in [5.41, 5.74) is 4.28. The molecule has 2 aromatic carbocycles. The molecule has 5 aliphatic heterocycles. The highest BCUT2D eigenvalue weighted by molar-refractivity contribution is 5.71. The first-order valence-electron chi connectivity index (χ1n) is 12.2. The Morgan fingerprint density at radius 1 is 1.06 bits per heavy atom. The number of hydrogen-bond acceptors (Lipinski definition) is 5. The van der Waals surface area contributed by atoms with Gasteiger partial charge in [0.15, 0.2) is 0 Å². The van der Waals surface area contributed by atoms with E-state index in [-0.39, 0.29) is 23.7 Å². The first kappa shape index (κ1) is 20.8. The van der Waals surface area contributed by atoms with Crippen LogP contribution in [0.3, 0.4) is 0 Å². The minimum absolute atomic E-state index is 0.00101. The average Bonchev–Trinajstić information content (AvgIpc) is 3.29. The van der Waals surface area contributed by atoms with Crippen molar-refractivity contribution in [2.24, 2.45) is 11.3 Å². The van der Waals surface area contributed by atoms with Crippen LogP contribution in [0.1, 0.15) is 43.9 Å². The van der Waals surface area contributed by atoms with Gasteiger partial charge >= 0.3 is 6.09 Å². The molecule has 5 aliphatic rings. The van der Waals surface area contributed by atoms with Crippen LogP contribution in [0, 0.1) is 11.3 Å². The van der Waals surface area contributed by atoms with Crippen molar-refractivity contribution in [1.82, 2.24) is 10.2 Å². The summed E-state index contributed by atoms with van der Waals surface area (Å²) in [6, 6.07) is 12.5. The number of piperidine rings is 3. The van der Waals surface area contributed by atoms with Gasteiger partial charge in [-0.15, -0.1) is 0 Å². The molecular formula is C27H32N2O4. The molecule has 0 saturated carbocycles. The second-order valence-electron chi connectivity index (χ2n) is 10.6. The summed E-state index contributed by atoms with van der Waals surface area (Å²) in [5, 5.41) is 3.19. The fourth-order valence-corrected chi connectivity index (χ4v) is 5.82. The monoisotopic (exact) mass is 448 g/mol. The summed E-state index contributed by atoms with van der Waals surface area (Å²) in [7, 11) is 0.